The van der Waals surface area contributed by atoms with E-state index in [-0.39, 0.29) is 11.5 Å². The lowest BCUT2D eigenvalue weighted by atomic mass is 10.1. The SMILES string of the molecule is CCNC(=NCCN1CCS(=O)(=O)CC1)NCCc1cc(C)cc(C)c1. The van der Waals surface area contributed by atoms with Crippen molar-refractivity contribution in [3.63, 3.8) is 0 Å². The highest BCUT2D eigenvalue weighted by Gasteiger charge is 2.20. The second-order valence-corrected chi connectivity index (χ2v) is 9.23. The maximum atomic E-state index is 11.5. The molecule has 2 rings (SSSR count). The van der Waals surface area contributed by atoms with Crippen molar-refractivity contribution in [2.75, 3.05) is 50.8 Å². The van der Waals surface area contributed by atoms with Crippen LogP contribution in [-0.4, -0.2) is 70.1 Å². The van der Waals surface area contributed by atoms with Crippen molar-refractivity contribution in [3.8, 4) is 0 Å². The summed E-state index contributed by atoms with van der Waals surface area (Å²) in [5.74, 6) is 1.36. The summed E-state index contributed by atoms with van der Waals surface area (Å²) < 4.78 is 22.9. The monoisotopic (exact) mass is 380 g/mol. The minimum atomic E-state index is -2.81. The van der Waals surface area contributed by atoms with Crippen molar-refractivity contribution in [2.45, 2.75) is 27.2 Å². The van der Waals surface area contributed by atoms with Crippen molar-refractivity contribution < 1.29 is 8.42 Å². The van der Waals surface area contributed by atoms with Gasteiger partial charge in [-0.3, -0.25) is 9.89 Å². The Hall–Kier alpha value is -1.60. The number of nitrogens with zero attached hydrogens (tertiary/aromatic N) is 2. The summed E-state index contributed by atoms with van der Waals surface area (Å²) in [6.07, 6.45) is 0.955. The zero-order valence-corrected chi connectivity index (χ0v) is 17.0. The van der Waals surface area contributed by atoms with E-state index < -0.39 is 9.84 Å². The molecule has 7 heteroatoms. The van der Waals surface area contributed by atoms with Gasteiger partial charge in [0.2, 0.25) is 0 Å². The number of nitrogens with one attached hydrogen (secondary N) is 2. The Morgan fingerprint density at radius 3 is 2.38 bits per heavy atom. The Morgan fingerprint density at radius 2 is 1.77 bits per heavy atom. The fourth-order valence-electron chi connectivity index (χ4n) is 3.16. The molecule has 0 bridgehead atoms. The average molecular weight is 381 g/mol. The minimum absolute atomic E-state index is 0.269. The molecule has 1 heterocycles. The lowest BCUT2D eigenvalue weighted by Crippen LogP contribution is -2.42. The summed E-state index contributed by atoms with van der Waals surface area (Å²) >= 11 is 0. The molecule has 26 heavy (non-hydrogen) atoms. The Bertz CT molecular complexity index is 682. The first-order chi connectivity index (χ1) is 12.4. The van der Waals surface area contributed by atoms with Gasteiger partial charge in [-0.2, -0.15) is 0 Å². The topological polar surface area (TPSA) is 73.8 Å². The highest BCUT2D eigenvalue weighted by Crippen LogP contribution is 2.09. The first kappa shape index (κ1) is 20.7. The molecule has 1 aliphatic rings. The molecule has 1 aliphatic heterocycles. The van der Waals surface area contributed by atoms with E-state index in [4.69, 9.17) is 0 Å². The minimum Gasteiger partial charge on any atom is -0.357 e. The number of rotatable bonds is 7. The van der Waals surface area contributed by atoms with E-state index in [0.29, 0.717) is 19.6 Å². The van der Waals surface area contributed by atoms with Gasteiger partial charge in [-0.25, -0.2) is 8.42 Å². The van der Waals surface area contributed by atoms with Gasteiger partial charge >= 0.3 is 0 Å². The first-order valence-electron chi connectivity index (χ1n) is 9.40. The smallest absolute Gasteiger partial charge is 0.191 e. The van der Waals surface area contributed by atoms with E-state index in [1.807, 2.05) is 0 Å². The molecule has 0 aromatic heterocycles. The third-order valence-corrected chi connectivity index (χ3v) is 6.06. The van der Waals surface area contributed by atoms with Crippen LogP contribution >= 0.6 is 0 Å². The van der Waals surface area contributed by atoms with Crippen LogP contribution in [0, 0.1) is 13.8 Å². The summed E-state index contributed by atoms with van der Waals surface area (Å²) in [5.41, 5.74) is 3.92. The van der Waals surface area contributed by atoms with E-state index in [9.17, 15) is 8.42 Å². The molecule has 1 saturated heterocycles. The van der Waals surface area contributed by atoms with Crippen LogP contribution in [0.1, 0.15) is 23.6 Å². The molecule has 2 N–H and O–H groups in total. The maximum Gasteiger partial charge on any atom is 0.191 e. The molecule has 0 aliphatic carbocycles. The fraction of sp³-hybridized carbons (Fsp3) is 0.632. The third kappa shape index (κ3) is 7.33. The zero-order chi connectivity index (χ0) is 19.0. The quantitative estimate of drug-likeness (QED) is 0.548. The van der Waals surface area contributed by atoms with Crippen molar-refractivity contribution in [3.05, 3.63) is 34.9 Å². The standard InChI is InChI=1S/C19H32N4O2S/c1-4-20-19(21-6-5-18-14-16(2)13-17(3)15-18)22-7-8-23-9-11-26(24,25)12-10-23/h13-15H,4-12H2,1-3H3,(H2,20,21,22). The van der Waals surface area contributed by atoms with Gasteiger partial charge in [-0.1, -0.05) is 29.3 Å². The first-order valence-corrected chi connectivity index (χ1v) is 11.2. The van der Waals surface area contributed by atoms with E-state index in [0.717, 1.165) is 32.0 Å². The summed E-state index contributed by atoms with van der Waals surface area (Å²) in [6.45, 7) is 10.7. The lowest BCUT2D eigenvalue weighted by molar-refractivity contribution is 0.304. The molecule has 1 aromatic carbocycles. The average Bonchev–Trinajstić information content (AvgIpc) is 2.55. The van der Waals surface area contributed by atoms with Crippen LogP contribution in [0.5, 0.6) is 0 Å². The summed E-state index contributed by atoms with van der Waals surface area (Å²) in [4.78, 5) is 6.78. The Morgan fingerprint density at radius 1 is 1.12 bits per heavy atom. The molecule has 1 fully saturated rings. The lowest BCUT2D eigenvalue weighted by Gasteiger charge is -2.25. The predicted octanol–water partition coefficient (Wildman–Crippen LogP) is 1.13. The second-order valence-electron chi connectivity index (χ2n) is 6.93. The Labute approximate surface area is 158 Å². The van der Waals surface area contributed by atoms with Crippen molar-refractivity contribution in [1.82, 2.24) is 15.5 Å². The van der Waals surface area contributed by atoms with Crippen LogP contribution in [0.3, 0.4) is 0 Å². The third-order valence-electron chi connectivity index (χ3n) is 4.46. The van der Waals surface area contributed by atoms with Gasteiger partial charge in [0, 0.05) is 32.7 Å². The largest absolute Gasteiger partial charge is 0.357 e. The number of hydrogen-bond acceptors (Lipinski definition) is 4. The molecular formula is C19H32N4O2S. The summed E-state index contributed by atoms with van der Waals surface area (Å²) in [7, 11) is -2.81. The van der Waals surface area contributed by atoms with E-state index >= 15 is 0 Å². The van der Waals surface area contributed by atoms with Gasteiger partial charge in [0.15, 0.2) is 15.8 Å². The number of guanidine groups is 1. The van der Waals surface area contributed by atoms with Crippen LogP contribution < -0.4 is 10.6 Å². The van der Waals surface area contributed by atoms with Gasteiger partial charge in [0.1, 0.15) is 0 Å². The van der Waals surface area contributed by atoms with Gasteiger partial charge in [-0.05, 0) is 32.8 Å². The molecule has 1 aromatic rings. The second kappa shape index (κ2) is 9.92. The van der Waals surface area contributed by atoms with Crippen molar-refractivity contribution in [1.29, 1.82) is 0 Å². The molecule has 0 unspecified atom stereocenters. The number of benzene rings is 1. The molecule has 0 atom stereocenters. The molecule has 0 spiro atoms. The van der Waals surface area contributed by atoms with Crippen LogP contribution in [-0.2, 0) is 16.3 Å². The summed E-state index contributed by atoms with van der Waals surface area (Å²) in [5, 5.41) is 6.65. The Kier molecular flexibility index (Phi) is 7.90. The molecule has 0 saturated carbocycles. The van der Waals surface area contributed by atoms with Crippen LogP contribution in [0.25, 0.3) is 0 Å². The zero-order valence-electron chi connectivity index (χ0n) is 16.2. The van der Waals surface area contributed by atoms with Crippen LogP contribution in [0.2, 0.25) is 0 Å². The molecule has 0 radical (unpaired) electrons. The fourth-order valence-corrected chi connectivity index (χ4v) is 4.43. The number of hydrogen-bond donors (Lipinski definition) is 2. The van der Waals surface area contributed by atoms with Crippen LogP contribution in [0.15, 0.2) is 23.2 Å². The Balaban J connectivity index is 1.77. The molecule has 6 nitrogen and oxygen atoms in total. The predicted molar refractivity (Wildman–Crippen MR) is 109 cm³/mol. The number of aryl methyl sites for hydroxylation is 2. The van der Waals surface area contributed by atoms with Gasteiger partial charge in [0.05, 0.1) is 18.1 Å². The maximum absolute atomic E-state index is 11.5. The highest BCUT2D eigenvalue weighted by molar-refractivity contribution is 7.91. The van der Waals surface area contributed by atoms with Gasteiger partial charge in [0.25, 0.3) is 0 Å². The summed E-state index contributed by atoms with van der Waals surface area (Å²) in [6, 6.07) is 6.64. The van der Waals surface area contributed by atoms with Gasteiger partial charge in [-0.15, -0.1) is 0 Å². The van der Waals surface area contributed by atoms with Crippen molar-refractivity contribution in [2.24, 2.45) is 4.99 Å². The van der Waals surface area contributed by atoms with E-state index in [2.05, 4.69) is 59.5 Å². The van der Waals surface area contributed by atoms with Crippen molar-refractivity contribution >= 4 is 15.8 Å². The molecular weight excluding hydrogens is 348 g/mol. The number of aliphatic imine (C=N–C) groups is 1. The normalized spacial score (nSPS) is 17.9. The molecule has 0 amide bonds. The van der Waals surface area contributed by atoms with Gasteiger partial charge < -0.3 is 10.6 Å². The van der Waals surface area contributed by atoms with E-state index in [1.165, 1.54) is 16.7 Å². The molecule has 146 valence electrons. The number of sulfone groups is 1. The van der Waals surface area contributed by atoms with Crippen LogP contribution in [0.4, 0.5) is 0 Å². The highest BCUT2D eigenvalue weighted by atomic mass is 32.2. The van der Waals surface area contributed by atoms with E-state index in [1.54, 1.807) is 0 Å².